The Kier molecular flexibility index (Phi) is 3.35. The molecule has 1 heterocycles. The summed E-state index contributed by atoms with van der Waals surface area (Å²) in [5.74, 6) is 0.129. The molecule has 0 aromatic heterocycles. The van der Waals surface area contributed by atoms with Gasteiger partial charge in [-0.1, -0.05) is 6.07 Å². The van der Waals surface area contributed by atoms with Gasteiger partial charge in [0.2, 0.25) is 0 Å². The fraction of sp³-hybridized carbons (Fsp3) is 0.250. The van der Waals surface area contributed by atoms with Crippen LogP contribution in [-0.2, 0) is 11.2 Å². The van der Waals surface area contributed by atoms with Crippen LogP contribution in [-0.4, -0.2) is 29.0 Å². The molecule has 5 nitrogen and oxygen atoms in total. The average molecular weight is 288 g/mol. The van der Waals surface area contributed by atoms with Crippen LogP contribution < -0.4 is 4.74 Å². The van der Waals surface area contributed by atoms with Gasteiger partial charge in [0.05, 0.1) is 13.7 Å². The lowest BCUT2D eigenvalue weighted by molar-refractivity contribution is 0.0693. The van der Waals surface area contributed by atoms with Gasteiger partial charge in [-0.3, -0.25) is 0 Å². The molecule has 0 spiro atoms. The Bertz CT molecular complexity index is 681. The summed E-state index contributed by atoms with van der Waals surface area (Å²) in [6.45, 7) is 0.519. The Labute approximate surface area is 122 Å². The molecule has 1 atom stereocenters. The third kappa shape index (κ3) is 2.36. The fourth-order valence-corrected chi connectivity index (χ4v) is 2.61. The van der Waals surface area contributed by atoms with Gasteiger partial charge >= 0.3 is 0 Å². The fourth-order valence-electron chi connectivity index (χ4n) is 2.61. The van der Waals surface area contributed by atoms with Crippen LogP contribution in [0.15, 0.2) is 30.3 Å². The molecule has 5 heteroatoms. The largest absolute Gasteiger partial charge is 0.504 e. The van der Waals surface area contributed by atoms with Crippen molar-refractivity contribution in [3.05, 3.63) is 47.0 Å². The summed E-state index contributed by atoms with van der Waals surface area (Å²) in [4.78, 5) is 0. The Morgan fingerprint density at radius 2 is 1.81 bits per heavy atom. The first-order valence-corrected chi connectivity index (χ1v) is 6.63. The predicted molar refractivity (Wildman–Crippen MR) is 75.9 cm³/mol. The minimum Gasteiger partial charge on any atom is -0.504 e. The zero-order valence-electron chi connectivity index (χ0n) is 11.5. The van der Waals surface area contributed by atoms with Crippen molar-refractivity contribution in [2.24, 2.45) is 0 Å². The van der Waals surface area contributed by atoms with Crippen LogP contribution >= 0.6 is 0 Å². The minimum atomic E-state index is -0.366. The number of hydrogen-bond donors (Lipinski definition) is 3. The summed E-state index contributed by atoms with van der Waals surface area (Å²) in [5.41, 5.74) is 2.56. The van der Waals surface area contributed by atoms with Crippen molar-refractivity contribution >= 4 is 0 Å². The molecule has 0 radical (unpaired) electrons. The Balaban J connectivity index is 2.07. The number of aromatic hydroxyl groups is 3. The first-order chi connectivity index (χ1) is 10.1. The zero-order chi connectivity index (χ0) is 15.0. The molecule has 3 N–H and O–H groups in total. The number of rotatable bonds is 2. The third-order valence-electron chi connectivity index (χ3n) is 3.68. The molecule has 0 amide bonds. The average Bonchev–Trinajstić information content (AvgIpc) is 2.48. The van der Waals surface area contributed by atoms with Gasteiger partial charge in [-0.05, 0) is 47.4 Å². The molecule has 1 aliphatic heterocycles. The molecule has 0 saturated carbocycles. The van der Waals surface area contributed by atoms with Crippen LogP contribution in [0.4, 0.5) is 0 Å². The number of benzene rings is 2. The number of ether oxygens (including phenoxy) is 2. The SMILES string of the molecule is COc1cc(C2OCCc3cc(O)c(O)cc32)ccc1O. The lowest BCUT2D eigenvalue weighted by atomic mass is 9.92. The first kappa shape index (κ1) is 13.6. The standard InChI is InChI=1S/C16H16O5/c1-20-15-7-10(2-3-12(15)17)16-11-8-14(19)13(18)6-9(11)4-5-21-16/h2-3,6-8,16-19H,4-5H2,1H3. The van der Waals surface area contributed by atoms with E-state index in [4.69, 9.17) is 9.47 Å². The second-order valence-electron chi connectivity index (χ2n) is 4.97. The first-order valence-electron chi connectivity index (χ1n) is 6.63. The molecule has 2 aromatic rings. The van der Waals surface area contributed by atoms with Crippen LogP contribution in [0.2, 0.25) is 0 Å². The van der Waals surface area contributed by atoms with E-state index in [1.54, 1.807) is 24.3 Å². The summed E-state index contributed by atoms with van der Waals surface area (Å²) in [7, 11) is 1.48. The molecular formula is C16H16O5. The molecule has 2 aromatic carbocycles. The number of hydrogen-bond acceptors (Lipinski definition) is 5. The summed E-state index contributed by atoms with van der Waals surface area (Å²) < 4.78 is 10.9. The van der Waals surface area contributed by atoms with E-state index < -0.39 is 0 Å². The van der Waals surface area contributed by atoms with Gasteiger partial charge in [0.1, 0.15) is 6.10 Å². The maximum absolute atomic E-state index is 9.71. The van der Waals surface area contributed by atoms with Gasteiger partial charge in [0, 0.05) is 0 Å². The van der Waals surface area contributed by atoms with Crippen LogP contribution in [0.1, 0.15) is 22.8 Å². The second kappa shape index (κ2) is 5.18. The van der Waals surface area contributed by atoms with Crippen molar-refractivity contribution in [1.29, 1.82) is 0 Å². The van der Waals surface area contributed by atoms with Crippen molar-refractivity contribution in [3.63, 3.8) is 0 Å². The Morgan fingerprint density at radius 1 is 1.05 bits per heavy atom. The van der Waals surface area contributed by atoms with Gasteiger partial charge in [-0.25, -0.2) is 0 Å². The lowest BCUT2D eigenvalue weighted by Crippen LogP contribution is -2.17. The van der Waals surface area contributed by atoms with E-state index in [1.807, 2.05) is 0 Å². The summed E-state index contributed by atoms with van der Waals surface area (Å²) in [5, 5.41) is 29.0. The van der Waals surface area contributed by atoms with E-state index >= 15 is 0 Å². The van der Waals surface area contributed by atoms with Crippen LogP contribution in [0, 0.1) is 0 Å². The highest BCUT2D eigenvalue weighted by molar-refractivity contribution is 5.51. The van der Waals surface area contributed by atoms with Gasteiger partial charge in [-0.15, -0.1) is 0 Å². The van der Waals surface area contributed by atoms with Crippen molar-refractivity contribution in [1.82, 2.24) is 0 Å². The highest BCUT2D eigenvalue weighted by Crippen LogP contribution is 2.40. The molecule has 0 bridgehead atoms. The monoisotopic (exact) mass is 288 g/mol. The topological polar surface area (TPSA) is 79.2 Å². The van der Waals surface area contributed by atoms with E-state index in [-0.39, 0.29) is 23.4 Å². The normalized spacial score (nSPS) is 17.3. The highest BCUT2D eigenvalue weighted by Gasteiger charge is 2.25. The maximum Gasteiger partial charge on any atom is 0.160 e. The number of methoxy groups -OCH3 is 1. The van der Waals surface area contributed by atoms with Gasteiger partial charge in [0.15, 0.2) is 23.0 Å². The van der Waals surface area contributed by atoms with E-state index in [0.29, 0.717) is 18.8 Å². The van der Waals surface area contributed by atoms with Crippen molar-refractivity contribution in [2.75, 3.05) is 13.7 Å². The molecule has 21 heavy (non-hydrogen) atoms. The summed E-state index contributed by atoms with van der Waals surface area (Å²) in [6.07, 6.45) is 0.310. The quantitative estimate of drug-likeness (QED) is 0.740. The highest BCUT2D eigenvalue weighted by atomic mass is 16.5. The predicted octanol–water partition coefficient (Wildman–Crippen LogP) is 2.47. The van der Waals surface area contributed by atoms with Crippen molar-refractivity contribution in [2.45, 2.75) is 12.5 Å². The van der Waals surface area contributed by atoms with Crippen molar-refractivity contribution < 1.29 is 24.8 Å². The molecule has 0 saturated heterocycles. The van der Waals surface area contributed by atoms with Crippen molar-refractivity contribution in [3.8, 4) is 23.0 Å². The van der Waals surface area contributed by atoms with E-state index in [9.17, 15) is 15.3 Å². The molecule has 0 fully saturated rings. The molecule has 110 valence electrons. The Morgan fingerprint density at radius 3 is 2.57 bits per heavy atom. The molecule has 1 aliphatic rings. The maximum atomic E-state index is 9.71. The number of phenols is 3. The van der Waals surface area contributed by atoms with Crippen LogP contribution in [0.5, 0.6) is 23.0 Å². The lowest BCUT2D eigenvalue weighted by Gasteiger charge is -2.27. The molecule has 3 rings (SSSR count). The van der Waals surface area contributed by atoms with Gasteiger partial charge < -0.3 is 24.8 Å². The molecule has 1 unspecified atom stereocenters. The van der Waals surface area contributed by atoms with Gasteiger partial charge in [-0.2, -0.15) is 0 Å². The smallest absolute Gasteiger partial charge is 0.160 e. The second-order valence-corrected chi connectivity index (χ2v) is 4.97. The third-order valence-corrected chi connectivity index (χ3v) is 3.68. The molecular weight excluding hydrogens is 272 g/mol. The van der Waals surface area contributed by atoms with Crippen LogP contribution in [0.3, 0.4) is 0 Å². The number of phenolic OH excluding ortho intramolecular Hbond substituents is 3. The van der Waals surface area contributed by atoms with E-state index in [1.165, 1.54) is 13.2 Å². The minimum absolute atomic E-state index is 0.0610. The number of fused-ring (bicyclic) bond motifs is 1. The summed E-state index contributed by atoms with van der Waals surface area (Å²) >= 11 is 0. The Hall–Kier alpha value is -2.40. The van der Waals surface area contributed by atoms with E-state index in [0.717, 1.165) is 16.7 Å². The molecule has 0 aliphatic carbocycles. The van der Waals surface area contributed by atoms with Crippen LogP contribution in [0.25, 0.3) is 0 Å². The van der Waals surface area contributed by atoms with Gasteiger partial charge in [0.25, 0.3) is 0 Å². The zero-order valence-corrected chi connectivity index (χ0v) is 11.5. The van der Waals surface area contributed by atoms with E-state index in [2.05, 4.69) is 0 Å². The summed E-state index contributed by atoms with van der Waals surface area (Å²) in [6, 6.07) is 8.10.